The van der Waals surface area contributed by atoms with E-state index < -0.39 is 0 Å². The van der Waals surface area contributed by atoms with Crippen LogP contribution in [0.2, 0.25) is 0 Å². The van der Waals surface area contributed by atoms with Crippen molar-refractivity contribution < 1.29 is 0 Å². The zero-order valence-corrected chi connectivity index (χ0v) is 11.4. The average Bonchev–Trinajstić information content (AvgIpc) is 2.67. The minimum absolute atomic E-state index is 0.848. The lowest BCUT2D eigenvalue weighted by Crippen LogP contribution is -2.11. The molecule has 3 heteroatoms. The number of aryl methyl sites for hydroxylation is 2. The van der Waals surface area contributed by atoms with Crippen molar-refractivity contribution in [3.63, 3.8) is 0 Å². The zero-order valence-electron chi connectivity index (χ0n) is 11.4. The van der Waals surface area contributed by atoms with Crippen LogP contribution in [0.15, 0.2) is 30.3 Å². The van der Waals surface area contributed by atoms with Gasteiger partial charge in [-0.2, -0.15) is 5.10 Å². The molecule has 3 nitrogen and oxygen atoms in total. The molecule has 2 rings (SSSR count). The molecule has 0 spiro atoms. The summed E-state index contributed by atoms with van der Waals surface area (Å²) in [6, 6.07) is 10.8. The van der Waals surface area contributed by atoms with Crippen molar-refractivity contribution in [3.05, 3.63) is 52.8 Å². The Labute approximate surface area is 109 Å². The van der Waals surface area contributed by atoms with Gasteiger partial charge in [0.2, 0.25) is 0 Å². The van der Waals surface area contributed by atoms with E-state index in [9.17, 15) is 0 Å². The molecular formula is C15H21N3. The third kappa shape index (κ3) is 3.20. The lowest BCUT2D eigenvalue weighted by atomic mass is 10.1. The number of rotatable bonds is 5. The summed E-state index contributed by atoms with van der Waals surface area (Å²) < 4.78 is 2.05. The Morgan fingerprint density at radius 2 is 1.78 bits per heavy atom. The number of nitrogens with one attached hydrogen (secondary N) is 1. The maximum Gasteiger partial charge on any atom is 0.0662 e. The van der Waals surface area contributed by atoms with Crippen molar-refractivity contribution >= 4 is 0 Å². The van der Waals surface area contributed by atoms with Crippen LogP contribution >= 0.6 is 0 Å². The van der Waals surface area contributed by atoms with Gasteiger partial charge in [0.1, 0.15) is 0 Å². The van der Waals surface area contributed by atoms with Gasteiger partial charge < -0.3 is 5.32 Å². The van der Waals surface area contributed by atoms with Crippen LogP contribution < -0.4 is 5.32 Å². The minimum Gasteiger partial charge on any atom is -0.313 e. The van der Waals surface area contributed by atoms with Crippen molar-refractivity contribution in [1.82, 2.24) is 15.1 Å². The largest absolute Gasteiger partial charge is 0.313 e. The van der Waals surface area contributed by atoms with Crippen LogP contribution in [-0.2, 0) is 13.1 Å². The van der Waals surface area contributed by atoms with Crippen molar-refractivity contribution in [2.45, 2.75) is 33.9 Å². The monoisotopic (exact) mass is 243 g/mol. The summed E-state index contributed by atoms with van der Waals surface area (Å²) >= 11 is 0. The van der Waals surface area contributed by atoms with Gasteiger partial charge in [-0.1, -0.05) is 31.2 Å². The summed E-state index contributed by atoms with van der Waals surface area (Å²) in [6.45, 7) is 9.05. The molecule has 1 aromatic heterocycles. The van der Waals surface area contributed by atoms with Crippen LogP contribution in [0.4, 0.5) is 0 Å². The predicted octanol–water partition coefficient (Wildman–Crippen LogP) is 2.66. The van der Waals surface area contributed by atoms with Crippen molar-refractivity contribution in [2.75, 3.05) is 6.54 Å². The highest BCUT2D eigenvalue weighted by molar-refractivity contribution is 5.23. The Bertz CT molecular complexity index is 497. The first kappa shape index (κ1) is 12.8. The summed E-state index contributed by atoms with van der Waals surface area (Å²) in [5, 5.41) is 7.81. The lowest BCUT2D eigenvalue weighted by molar-refractivity contribution is 0.658. The van der Waals surface area contributed by atoms with Crippen LogP contribution in [0.3, 0.4) is 0 Å². The topological polar surface area (TPSA) is 29.9 Å². The Kier molecular flexibility index (Phi) is 4.15. The van der Waals surface area contributed by atoms with Crippen LogP contribution in [-0.4, -0.2) is 16.3 Å². The third-order valence-electron chi connectivity index (χ3n) is 3.04. The average molecular weight is 243 g/mol. The first-order chi connectivity index (χ1) is 8.69. The van der Waals surface area contributed by atoms with Gasteiger partial charge in [0, 0.05) is 12.2 Å². The first-order valence-electron chi connectivity index (χ1n) is 6.48. The molecule has 1 aromatic carbocycles. The van der Waals surface area contributed by atoms with E-state index in [4.69, 9.17) is 0 Å². The zero-order chi connectivity index (χ0) is 13.0. The summed E-state index contributed by atoms with van der Waals surface area (Å²) in [4.78, 5) is 0. The summed E-state index contributed by atoms with van der Waals surface area (Å²) in [5.41, 5.74) is 4.91. The van der Waals surface area contributed by atoms with Gasteiger partial charge in [-0.25, -0.2) is 0 Å². The van der Waals surface area contributed by atoms with E-state index in [0.29, 0.717) is 0 Å². The fraction of sp³-hybridized carbons (Fsp3) is 0.400. The molecule has 0 aliphatic heterocycles. The molecule has 96 valence electrons. The summed E-state index contributed by atoms with van der Waals surface area (Å²) in [5.74, 6) is 0. The van der Waals surface area contributed by atoms with E-state index in [1.54, 1.807) is 0 Å². The van der Waals surface area contributed by atoms with Crippen molar-refractivity contribution in [2.24, 2.45) is 0 Å². The van der Waals surface area contributed by atoms with Gasteiger partial charge in [0.25, 0.3) is 0 Å². The second-order valence-corrected chi connectivity index (χ2v) is 4.68. The highest BCUT2D eigenvalue weighted by atomic mass is 15.3. The molecule has 1 heterocycles. The summed E-state index contributed by atoms with van der Waals surface area (Å²) in [7, 11) is 0. The molecule has 0 bridgehead atoms. The lowest BCUT2D eigenvalue weighted by Gasteiger charge is -2.06. The van der Waals surface area contributed by atoms with Gasteiger partial charge >= 0.3 is 0 Å². The standard InChI is InChI=1S/C15H21N3/c1-4-16-10-14-5-7-15(8-6-14)11-18-13(3)9-12(2)17-18/h5-9,16H,4,10-11H2,1-3H3. The molecule has 0 unspecified atom stereocenters. The van der Waals surface area contributed by atoms with Gasteiger partial charge in [0.05, 0.1) is 12.2 Å². The fourth-order valence-electron chi connectivity index (χ4n) is 2.04. The molecular weight excluding hydrogens is 222 g/mol. The molecule has 0 atom stereocenters. The van der Waals surface area contributed by atoms with E-state index in [1.165, 1.54) is 16.8 Å². The Balaban J connectivity index is 2.04. The van der Waals surface area contributed by atoms with Crippen LogP contribution in [0.1, 0.15) is 29.4 Å². The molecule has 0 aliphatic rings. The van der Waals surface area contributed by atoms with Gasteiger partial charge in [-0.05, 0) is 37.6 Å². The Morgan fingerprint density at radius 3 is 2.33 bits per heavy atom. The van der Waals surface area contributed by atoms with Gasteiger partial charge in [-0.3, -0.25) is 4.68 Å². The highest BCUT2D eigenvalue weighted by Gasteiger charge is 2.02. The van der Waals surface area contributed by atoms with E-state index in [2.05, 4.69) is 59.3 Å². The number of hydrogen-bond acceptors (Lipinski definition) is 2. The minimum atomic E-state index is 0.848. The second-order valence-electron chi connectivity index (χ2n) is 4.68. The second kappa shape index (κ2) is 5.83. The number of hydrogen-bond donors (Lipinski definition) is 1. The maximum absolute atomic E-state index is 4.48. The Hall–Kier alpha value is -1.61. The maximum atomic E-state index is 4.48. The van der Waals surface area contributed by atoms with Crippen molar-refractivity contribution in [3.8, 4) is 0 Å². The van der Waals surface area contributed by atoms with Gasteiger partial charge in [0.15, 0.2) is 0 Å². The molecule has 0 saturated carbocycles. The van der Waals surface area contributed by atoms with Crippen LogP contribution in [0, 0.1) is 13.8 Å². The van der Waals surface area contributed by atoms with E-state index in [1.807, 2.05) is 6.92 Å². The molecule has 1 N–H and O–H groups in total. The normalized spacial score (nSPS) is 10.8. The summed E-state index contributed by atoms with van der Waals surface area (Å²) in [6.07, 6.45) is 0. The molecule has 0 saturated heterocycles. The fourth-order valence-corrected chi connectivity index (χ4v) is 2.04. The molecule has 0 amide bonds. The Morgan fingerprint density at radius 1 is 1.11 bits per heavy atom. The van der Waals surface area contributed by atoms with E-state index in [-0.39, 0.29) is 0 Å². The van der Waals surface area contributed by atoms with Crippen molar-refractivity contribution in [1.29, 1.82) is 0 Å². The number of aromatic nitrogens is 2. The molecule has 18 heavy (non-hydrogen) atoms. The molecule has 0 fully saturated rings. The molecule has 2 aromatic rings. The van der Waals surface area contributed by atoms with Crippen LogP contribution in [0.25, 0.3) is 0 Å². The quantitative estimate of drug-likeness (QED) is 0.875. The number of benzene rings is 1. The first-order valence-corrected chi connectivity index (χ1v) is 6.48. The molecule has 0 radical (unpaired) electrons. The van der Waals surface area contributed by atoms with Gasteiger partial charge in [-0.15, -0.1) is 0 Å². The predicted molar refractivity (Wildman–Crippen MR) is 74.6 cm³/mol. The SMILES string of the molecule is CCNCc1ccc(Cn2nc(C)cc2C)cc1. The third-order valence-corrected chi connectivity index (χ3v) is 3.04. The number of nitrogens with zero attached hydrogens (tertiary/aromatic N) is 2. The molecule has 0 aliphatic carbocycles. The smallest absolute Gasteiger partial charge is 0.0662 e. The van der Waals surface area contributed by atoms with E-state index >= 15 is 0 Å². The highest BCUT2D eigenvalue weighted by Crippen LogP contribution is 2.09. The van der Waals surface area contributed by atoms with Crippen LogP contribution in [0.5, 0.6) is 0 Å². The van der Waals surface area contributed by atoms with E-state index in [0.717, 1.165) is 25.3 Å².